The van der Waals surface area contributed by atoms with E-state index in [1.54, 1.807) is 18.2 Å². The molecule has 1 amide bonds. The van der Waals surface area contributed by atoms with Crippen molar-refractivity contribution in [3.8, 4) is 0 Å². The molecule has 4 nitrogen and oxygen atoms in total. The van der Waals surface area contributed by atoms with Crippen LogP contribution in [0.2, 0.25) is 5.02 Å². The van der Waals surface area contributed by atoms with Crippen molar-refractivity contribution in [1.29, 1.82) is 0 Å². The van der Waals surface area contributed by atoms with Gasteiger partial charge in [0, 0.05) is 10.6 Å². The number of ether oxygens (including phenoxy) is 1. The van der Waals surface area contributed by atoms with E-state index in [9.17, 15) is 9.90 Å². The Bertz CT molecular complexity index is 587. The lowest BCUT2D eigenvalue weighted by atomic mass is 10.2. The van der Waals surface area contributed by atoms with Crippen molar-refractivity contribution in [3.05, 3.63) is 64.7 Å². The number of hydrogen-bond acceptors (Lipinski definition) is 3. The highest BCUT2D eigenvalue weighted by Crippen LogP contribution is 2.21. The minimum absolute atomic E-state index is 0.182. The van der Waals surface area contributed by atoms with Gasteiger partial charge in [0.25, 0.3) is 0 Å². The molecule has 0 aliphatic carbocycles. The van der Waals surface area contributed by atoms with Gasteiger partial charge in [-0.2, -0.15) is 0 Å². The second kappa shape index (κ2) is 6.93. The highest BCUT2D eigenvalue weighted by molar-refractivity contribution is 6.31. The number of halogens is 1. The van der Waals surface area contributed by atoms with E-state index in [0.717, 1.165) is 5.56 Å². The van der Waals surface area contributed by atoms with Crippen molar-refractivity contribution in [2.24, 2.45) is 0 Å². The number of rotatable bonds is 4. The number of carbonyl (C=O) groups excluding carboxylic acids is 1. The van der Waals surface area contributed by atoms with Crippen molar-refractivity contribution in [2.45, 2.75) is 13.2 Å². The van der Waals surface area contributed by atoms with E-state index in [1.807, 2.05) is 30.3 Å². The molecule has 0 saturated carbocycles. The first-order valence-corrected chi connectivity index (χ1v) is 6.44. The molecule has 2 rings (SSSR count). The first-order chi connectivity index (χ1) is 9.69. The van der Waals surface area contributed by atoms with E-state index in [0.29, 0.717) is 16.3 Å². The third-order valence-electron chi connectivity index (χ3n) is 2.69. The highest BCUT2D eigenvalue weighted by atomic mass is 35.5. The van der Waals surface area contributed by atoms with Gasteiger partial charge in [-0.1, -0.05) is 48.0 Å². The number of benzene rings is 2. The van der Waals surface area contributed by atoms with Gasteiger partial charge in [-0.25, -0.2) is 4.79 Å². The summed E-state index contributed by atoms with van der Waals surface area (Å²) < 4.78 is 5.10. The van der Waals surface area contributed by atoms with Crippen LogP contribution in [0.25, 0.3) is 0 Å². The van der Waals surface area contributed by atoms with Crippen LogP contribution in [0.1, 0.15) is 11.1 Å². The van der Waals surface area contributed by atoms with Gasteiger partial charge in [0.15, 0.2) is 0 Å². The zero-order valence-corrected chi connectivity index (χ0v) is 11.4. The first-order valence-electron chi connectivity index (χ1n) is 6.06. The fourth-order valence-corrected chi connectivity index (χ4v) is 1.84. The van der Waals surface area contributed by atoms with Crippen LogP contribution in [0.4, 0.5) is 10.5 Å². The monoisotopic (exact) mass is 291 g/mol. The van der Waals surface area contributed by atoms with Crippen LogP contribution >= 0.6 is 11.6 Å². The summed E-state index contributed by atoms with van der Waals surface area (Å²) in [7, 11) is 0. The predicted molar refractivity (Wildman–Crippen MR) is 77.6 cm³/mol. The summed E-state index contributed by atoms with van der Waals surface area (Å²) in [5.74, 6) is 0. The van der Waals surface area contributed by atoms with Crippen LogP contribution in [-0.2, 0) is 18.0 Å². The van der Waals surface area contributed by atoms with Gasteiger partial charge in [0.05, 0.1) is 12.3 Å². The predicted octanol–water partition coefficient (Wildman–Crippen LogP) is 3.58. The topological polar surface area (TPSA) is 58.6 Å². The molecule has 0 unspecified atom stereocenters. The average molecular weight is 292 g/mol. The van der Waals surface area contributed by atoms with Crippen molar-refractivity contribution in [1.82, 2.24) is 0 Å². The normalized spacial score (nSPS) is 10.1. The Morgan fingerprint density at radius 3 is 2.65 bits per heavy atom. The van der Waals surface area contributed by atoms with Crippen molar-refractivity contribution >= 4 is 23.4 Å². The first kappa shape index (κ1) is 14.4. The number of amides is 1. The number of nitrogens with one attached hydrogen (secondary N) is 1. The van der Waals surface area contributed by atoms with Crippen molar-refractivity contribution in [3.63, 3.8) is 0 Å². The third kappa shape index (κ3) is 3.98. The Kier molecular flexibility index (Phi) is 4.98. The van der Waals surface area contributed by atoms with Gasteiger partial charge in [-0.15, -0.1) is 0 Å². The van der Waals surface area contributed by atoms with Crippen LogP contribution in [-0.4, -0.2) is 11.2 Å². The van der Waals surface area contributed by atoms with Gasteiger partial charge < -0.3 is 9.84 Å². The molecule has 0 spiro atoms. The van der Waals surface area contributed by atoms with Gasteiger partial charge in [-0.3, -0.25) is 5.32 Å². The molecule has 2 aromatic rings. The summed E-state index contributed by atoms with van der Waals surface area (Å²) in [6.07, 6.45) is -0.592. The summed E-state index contributed by atoms with van der Waals surface area (Å²) in [5, 5.41) is 12.2. The minimum atomic E-state index is -0.592. The second-order valence-corrected chi connectivity index (χ2v) is 4.58. The van der Waals surface area contributed by atoms with E-state index in [2.05, 4.69) is 5.32 Å². The van der Waals surface area contributed by atoms with Gasteiger partial charge >= 0.3 is 6.09 Å². The van der Waals surface area contributed by atoms with Crippen LogP contribution in [0.5, 0.6) is 0 Å². The van der Waals surface area contributed by atoms with Crippen molar-refractivity contribution in [2.75, 3.05) is 5.32 Å². The summed E-state index contributed by atoms with van der Waals surface area (Å²) in [4.78, 5) is 11.7. The van der Waals surface area contributed by atoms with Crippen LogP contribution in [0, 0.1) is 0 Å². The molecular formula is C15H14ClNO3. The zero-order chi connectivity index (χ0) is 14.4. The van der Waals surface area contributed by atoms with Crippen LogP contribution in [0.3, 0.4) is 0 Å². The molecule has 2 aromatic carbocycles. The van der Waals surface area contributed by atoms with Crippen molar-refractivity contribution < 1.29 is 14.6 Å². The Morgan fingerprint density at radius 1 is 1.20 bits per heavy atom. The molecule has 20 heavy (non-hydrogen) atoms. The Labute approximate surface area is 122 Å². The molecule has 104 valence electrons. The summed E-state index contributed by atoms with van der Waals surface area (Å²) in [6.45, 7) is -0.00678. The molecule has 0 saturated heterocycles. The molecule has 0 fully saturated rings. The third-order valence-corrected chi connectivity index (χ3v) is 2.93. The van der Waals surface area contributed by atoms with Gasteiger partial charge in [0.2, 0.25) is 0 Å². The van der Waals surface area contributed by atoms with Gasteiger partial charge in [-0.05, 0) is 17.7 Å². The molecule has 0 bridgehead atoms. The lowest BCUT2D eigenvalue weighted by Gasteiger charge is -2.10. The molecule has 0 radical (unpaired) electrons. The fourth-order valence-electron chi connectivity index (χ4n) is 1.67. The maximum Gasteiger partial charge on any atom is 0.411 e. The lowest BCUT2D eigenvalue weighted by Crippen LogP contribution is -2.14. The SMILES string of the molecule is O=C(Nc1cc(Cl)ccc1CO)OCc1ccccc1. The van der Waals surface area contributed by atoms with Gasteiger partial charge in [0.1, 0.15) is 6.61 Å². The molecule has 0 aliphatic rings. The summed E-state index contributed by atoms with van der Waals surface area (Å²) in [5.41, 5.74) is 1.92. The number of anilines is 1. The van der Waals surface area contributed by atoms with E-state index < -0.39 is 6.09 Å². The smallest absolute Gasteiger partial charge is 0.411 e. The molecular weight excluding hydrogens is 278 g/mol. The summed E-state index contributed by atoms with van der Waals surface area (Å²) >= 11 is 5.86. The molecule has 0 aromatic heterocycles. The number of carbonyl (C=O) groups is 1. The maximum absolute atomic E-state index is 11.7. The average Bonchev–Trinajstić information content (AvgIpc) is 2.46. The molecule has 2 N–H and O–H groups in total. The number of hydrogen-bond donors (Lipinski definition) is 2. The Morgan fingerprint density at radius 2 is 1.95 bits per heavy atom. The Hall–Kier alpha value is -2.04. The number of aliphatic hydroxyl groups is 1. The van der Waals surface area contributed by atoms with E-state index in [4.69, 9.17) is 16.3 Å². The summed E-state index contributed by atoms with van der Waals surface area (Å²) in [6, 6.07) is 14.2. The second-order valence-electron chi connectivity index (χ2n) is 4.15. The van der Waals surface area contributed by atoms with Crippen LogP contribution < -0.4 is 5.32 Å². The van der Waals surface area contributed by atoms with E-state index in [1.165, 1.54) is 0 Å². The standard InChI is InChI=1S/C15H14ClNO3/c16-13-7-6-12(9-18)14(8-13)17-15(19)20-10-11-4-2-1-3-5-11/h1-8,18H,9-10H2,(H,17,19). The maximum atomic E-state index is 11.7. The zero-order valence-electron chi connectivity index (χ0n) is 10.7. The molecule has 0 atom stereocenters. The van der Waals surface area contributed by atoms with E-state index in [-0.39, 0.29) is 13.2 Å². The Balaban J connectivity index is 1.96. The fraction of sp³-hybridized carbons (Fsp3) is 0.133. The van der Waals surface area contributed by atoms with E-state index >= 15 is 0 Å². The molecule has 0 heterocycles. The van der Waals surface area contributed by atoms with Crippen LogP contribution in [0.15, 0.2) is 48.5 Å². The minimum Gasteiger partial charge on any atom is -0.444 e. The largest absolute Gasteiger partial charge is 0.444 e. The molecule has 5 heteroatoms. The quantitative estimate of drug-likeness (QED) is 0.905. The lowest BCUT2D eigenvalue weighted by molar-refractivity contribution is 0.155. The highest BCUT2D eigenvalue weighted by Gasteiger charge is 2.08. The molecule has 0 aliphatic heterocycles. The number of aliphatic hydroxyl groups excluding tert-OH is 1.